The average molecular weight is 472 g/mol. The third-order valence-electron chi connectivity index (χ3n) is 5.08. The molecule has 0 aliphatic rings. The summed E-state index contributed by atoms with van der Waals surface area (Å²) in [5.41, 5.74) is 2.12. The maximum atomic E-state index is 14.3. The molecule has 6 nitrogen and oxygen atoms in total. The second-order valence-corrected chi connectivity index (χ2v) is 8.94. The number of benzene rings is 2. The first kappa shape index (κ1) is 24.7. The molecule has 0 saturated carbocycles. The molecule has 1 amide bonds. The topological polar surface area (TPSA) is 63.7 Å². The number of halogens is 1. The molecule has 0 radical (unpaired) electrons. The van der Waals surface area contributed by atoms with Gasteiger partial charge in [0.2, 0.25) is 0 Å². The number of methoxy groups -OCH3 is 2. The van der Waals surface area contributed by atoms with E-state index in [2.05, 4.69) is 15.2 Å². The summed E-state index contributed by atoms with van der Waals surface area (Å²) in [5, 5.41) is 5.44. The minimum atomic E-state index is -0.232. The fraction of sp³-hybridized carbons (Fsp3) is 0.360. The molecule has 0 bridgehead atoms. The van der Waals surface area contributed by atoms with Crippen LogP contribution in [-0.4, -0.2) is 42.6 Å². The highest BCUT2D eigenvalue weighted by atomic mass is 32.1. The van der Waals surface area contributed by atoms with Crippen LogP contribution >= 0.6 is 11.3 Å². The van der Waals surface area contributed by atoms with Crippen LogP contribution in [0.4, 0.5) is 4.39 Å². The van der Waals surface area contributed by atoms with E-state index in [1.54, 1.807) is 31.7 Å². The quantitative estimate of drug-likeness (QED) is 0.440. The van der Waals surface area contributed by atoms with Crippen LogP contribution < -0.4 is 14.8 Å². The first-order valence-electron chi connectivity index (χ1n) is 10.8. The standard InChI is InChI=1S/C25H30FN3O3S/c1-17(2)27-25(30)21-16-33-24(28-21)15-29(14-19-7-5-6-8-20(19)26)12-11-18-9-10-22(31-3)23(13-18)32-4/h5-10,13,16-17H,11-12,14-15H2,1-4H3,(H,27,30). The Morgan fingerprint density at radius 1 is 1.12 bits per heavy atom. The van der Waals surface area contributed by atoms with E-state index in [-0.39, 0.29) is 17.8 Å². The van der Waals surface area contributed by atoms with Crippen LogP contribution in [0.15, 0.2) is 47.8 Å². The molecule has 33 heavy (non-hydrogen) atoms. The summed E-state index contributed by atoms with van der Waals surface area (Å²) in [7, 11) is 3.22. The molecule has 0 atom stereocenters. The smallest absolute Gasteiger partial charge is 0.270 e. The summed E-state index contributed by atoms with van der Waals surface area (Å²) < 4.78 is 25.1. The molecule has 0 fully saturated rings. The Hall–Kier alpha value is -2.97. The van der Waals surface area contributed by atoms with Gasteiger partial charge in [0.1, 0.15) is 16.5 Å². The van der Waals surface area contributed by atoms with Gasteiger partial charge in [-0.15, -0.1) is 11.3 Å². The summed E-state index contributed by atoms with van der Waals surface area (Å²) in [6.07, 6.45) is 0.737. The predicted octanol–water partition coefficient (Wildman–Crippen LogP) is 4.68. The van der Waals surface area contributed by atoms with Gasteiger partial charge < -0.3 is 14.8 Å². The molecule has 0 unspecified atom stereocenters. The van der Waals surface area contributed by atoms with Crippen LogP contribution in [0.1, 0.15) is 40.5 Å². The zero-order chi connectivity index (χ0) is 23.8. The lowest BCUT2D eigenvalue weighted by atomic mass is 10.1. The van der Waals surface area contributed by atoms with Gasteiger partial charge in [0, 0.05) is 30.1 Å². The number of nitrogens with one attached hydrogen (secondary N) is 1. The second kappa shape index (κ2) is 11.8. The molecule has 0 spiro atoms. The van der Waals surface area contributed by atoms with Crippen molar-refractivity contribution in [3.8, 4) is 11.5 Å². The predicted molar refractivity (Wildman–Crippen MR) is 128 cm³/mol. The van der Waals surface area contributed by atoms with Crippen LogP contribution in [0.2, 0.25) is 0 Å². The number of aromatic nitrogens is 1. The maximum Gasteiger partial charge on any atom is 0.270 e. The summed E-state index contributed by atoms with van der Waals surface area (Å²) in [4.78, 5) is 18.9. The van der Waals surface area contributed by atoms with Gasteiger partial charge in [-0.05, 0) is 44.0 Å². The lowest BCUT2D eigenvalue weighted by Gasteiger charge is -2.22. The van der Waals surface area contributed by atoms with Gasteiger partial charge in [-0.25, -0.2) is 9.37 Å². The fourth-order valence-electron chi connectivity index (χ4n) is 3.42. The molecule has 0 aliphatic carbocycles. The van der Waals surface area contributed by atoms with Gasteiger partial charge in [-0.1, -0.05) is 24.3 Å². The highest BCUT2D eigenvalue weighted by Gasteiger charge is 2.16. The van der Waals surface area contributed by atoms with Crippen molar-refractivity contribution in [1.82, 2.24) is 15.2 Å². The minimum absolute atomic E-state index is 0.0432. The molecular weight excluding hydrogens is 441 g/mol. The van der Waals surface area contributed by atoms with E-state index in [1.165, 1.54) is 17.4 Å². The largest absolute Gasteiger partial charge is 0.493 e. The van der Waals surface area contributed by atoms with Crippen molar-refractivity contribution in [2.24, 2.45) is 0 Å². The van der Waals surface area contributed by atoms with Crippen molar-refractivity contribution in [2.75, 3.05) is 20.8 Å². The molecule has 3 rings (SSSR count). The maximum absolute atomic E-state index is 14.3. The Balaban J connectivity index is 1.75. The van der Waals surface area contributed by atoms with E-state index in [1.807, 2.05) is 38.1 Å². The number of amides is 1. The normalized spacial score (nSPS) is 11.1. The Morgan fingerprint density at radius 2 is 1.88 bits per heavy atom. The molecule has 8 heteroatoms. The lowest BCUT2D eigenvalue weighted by molar-refractivity contribution is 0.0938. The van der Waals surface area contributed by atoms with Gasteiger partial charge in [-0.3, -0.25) is 9.69 Å². The summed E-state index contributed by atoms with van der Waals surface area (Å²) in [6, 6.07) is 12.7. The zero-order valence-corrected chi connectivity index (χ0v) is 20.2. The Bertz CT molecular complexity index is 1070. The van der Waals surface area contributed by atoms with Crippen molar-refractivity contribution in [2.45, 2.75) is 39.4 Å². The van der Waals surface area contributed by atoms with Gasteiger partial charge in [0.25, 0.3) is 5.91 Å². The minimum Gasteiger partial charge on any atom is -0.493 e. The molecule has 0 saturated heterocycles. The van der Waals surface area contributed by atoms with E-state index in [0.29, 0.717) is 42.4 Å². The van der Waals surface area contributed by atoms with Crippen molar-refractivity contribution in [3.63, 3.8) is 0 Å². The van der Waals surface area contributed by atoms with Crippen LogP contribution in [0, 0.1) is 5.82 Å². The summed E-state index contributed by atoms with van der Waals surface area (Å²) in [5.74, 6) is 0.944. The first-order chi connectivity index (χ1) is 15.9. The Morgan fingerprint density at radius 3 is 2.58 bits per heavy atom. The number of thiazole rings is 1. The molecule has 176 valence electrons. The summed E-state index contributed by atoms with van der Waals surface area (Å²) >= 11 is 1.44. The Labute approximate surface area is 198 Å². The fourth-order valence-corrected chi connectivity index (χ4v) is 4.24. The molecule has 1 heterocycles. The van der Waals surface area contributed by atoms with Gasteiger partial charge in [0.05, 0.1) is 20.8 Å². The van der Waals surface area contributed by atoms with E-state index >= 15 is 0 Å². The van der Waals surface area contributed by atoms with Gasteiger partial charge >= 0.3 is 0 Å². The third-order valence-corrected chi connectivity index (χ3v) is 5.91. The number of nitrogens with zero attached hydrogens (tertiary/aromatic N) is 2. The van der Waals surface area contributed by atoms with Crippen LogP contribution in [-0.2, 0) is 19.5 Å². The zero-order valence-electron chi connectivity index (χ0n) is 19.4. The molecule has 1 aromatic heterocycles. The monoisotopic (exact) mass is 471 g/mol. The number of carbonyl (C=O) groups is 1. The molecule has 2 aromatic carbocycles. The highest BCUT2D eigenvalue weighted by molar-refractivity contribution is 7.09. The van der Waals surface area contributed by atoms with Crippen molar-refractivity contribution in [3.05, 3.63) is 75.5 Å². The Kier molecular flexibility index (Phi) is 8.79. The van der Waals surface area contributed by atoms with Gasteiger partial charge in [-0.2, -0.15) is 0 Å². The van der Waals surface area contributed by atoms with E-state index < -0.39 is 0 Å². The van der Waals surface area contributed by atoms with Crippen LogP contribution in [0.25, 0.3) is 0 Å². The number of carbonyl (C=O) groups excluding carboxylic acids is 1. The molecule has 3 aromatic rings. The number of ether oxygens (including phenoxy) is 2. The summed E-state index contributed by atoms with van der Waals surface area (Å²) in [6.45, 7) is 5.45. The van der Waals surface area contributed by atoms with Crippen LogP contribution in [0.5, 0.6) is 11.5 Å². The van der Waals surface area contributed by atoms with Gasteiger partial charge in [0.15, 0.2) is 11.5 Å². The third kappa shape index (κ3) is 7.00. The number of hydrogen-bond donors (Lipinski definition) is 1. The molecule has 0 aliphatic heterocycles. The highest BCUT2D eigenvalue weighted by Crippen LogP contribution is 2.28. The van der Waals surface area contributed by atoms with Crippen LogP contribution in [0.3, 0.4) is 0 Å². The SMILES string of the molecule is COc1ccc(CCN(Cc2nc(C(=O)NC(C)C)cs2)Cc2ccccc2F)cc1OC. The van der Waals surface area contributed by atoms with Crippen molar-refractivity contribution in [1.29, 1.82) is 0 Å². The molecular formula is C25H30FN3O3S. The van der Waals surface area contributed by atoms with E-state index in [9.17, 15) is 9.18 Å². The first-order valence-corrected chi connectivity index (χ1v) is 11.7. The average Bonchev–Trinajstić information content (AvgIpc) is 3.27. The number of rotatable bonds is 11. The lowest BCUT2D eigenvalue weighted by Crippen LogP contribution is -2.30. The molecule has 1 N–H and O–H groups in total. The van der Waals surface area contributed by atoms with Crippen molar-refractivity contribution < 1.29 is 18.7 Å². The van der Waals surface area contributed by atoms with E-state index in [0.717, 1.165) is 17.0 Å². The second-order valence-electron chi connectivity index (χ2n) is 8.00. The number of hydrogen-bond acceptors (Lipinski definition) is 6. The van der Waals surface area contributed by atoms with Crippen molar-refractivity contribution >= 4 is 17.2 Å². The van der Waals surface area contributed by atoms with E-state index in [4.69, 9.17) is 9.47 Å².